The van der Waals surface area contributed by atoms with Gasteiger partial charge in [0.15, 0.2) is 0 Å². The molecule has 0 saturated heterocycles. The van der Waals surface area contributed by atoms with Crippen LogP contribution in [-0.2, 0) is 21.6 Å². The van der Waals surface area contributed by atoms with Crippen LogP contribution in [0, 0.1) is 0 Å². The van der Waals surface area contributed by atoms with Gasteiger partial charge in [-0.15, -0.1) is 0 Å². The van der Waals surface area contributed by atoms with Crippen molar-refractivity contribution in [2.24, 2.45) is 0 Å². The lowest BCUT2D eigenvalue weighted by Crippen LogP contribution is -2.05. The van der Waals surface area contributed by atoms with Crippen LogP contribution in [0.3, 0.4) is 0 Å². The summed E-state index contributed by atoms with van der Waals surface area (Å²) in [5.41, 5.74) is 0.173. The van der Waals surface area contributed by atoms with Crippen molar-refractivity contribution in [3.8, 4) is 0 Å². The van der Waals surface area contributed by atoms with Gasteiger partial charge in [-0.05, 0) is 17.7 Å². The van der Waals surface area contributed by atoms with Crippen LogP contribution in [0.5, 0.6) is 0 Å². The maximum Gasteiger partial charge on any atom is 0.294 e. The van der Waals surface area contributed by atoms with E-state index in [0.29, 0.717) is 0 Å². The van der Waals surface area contributed by atoms with E-state index in [0.717, 1.165) is 0 Å². The smallest absolute Gasteiger partial charge is 0.282 e. The van der Waals surface area contributed by atoms with E-state index in [2.05, 4.69) is 0 Å². The SMILES string of the molecule is [O]CCc1c(Cl)cccc1S(=O)(=O)O. The van der Waals surface area contributed by atoms with Crippen LogP contribution < -0.4 is 0 Å². The predicted octanol–water partition coefficient (Wildman–Crippen LogP) is 1.56. The summed E-state index contributed by atoms with van der Waals surface area (Å²) in [6.07, 6.45) is -0.0191. The molecular formula is C8H8ClO4S. The highest BCUT2D eigenvalue weighted by molar-refractivity contribution is 7.85. The molecule has 0 unspecified atom stereocenters. The first-order valence-electron chi connectivity index (χ1n) is 3.80. The minimum Gasteiger partial charge on any atom is -0.282 e. The van der Waals surface area contributed by atoms with E-state index in [1.54, 1.807) is 0 Å². The summed E-state index contributed by atoms with van der Waals surface area (Å²) in [5, 5.41) is 10.6. The molecule has 77 valence electrons. The van der Waals surface area contributed by atoms with Crippen molar-refractivity contribution in [3.05, 3.63) is 28.8 Å². The molecule has 0 aliphatic rings. The molecule has 0 spiro atoms. The molecule has 0 atom stereocenters. The maximum atomic E-state index is 10.9. The first kappa shape index (κ1) is 11.5. The Balaban J connectivity index is 3.36. The van der Waals surface area contributed by atoms with Crippen LogP contribution in [0.2, 0.25) is 5.02 Å². The molecule has 0 bridgehead atoms. The number of hydrogen-bond acceptors (Lipinski definition) is 2. The monoisotopic (exact) mass is 235 g/mol. The Kier molecular flexibility index (Phi) is 3.49. The Morgan fingerprint density at radius 2 is 2.00 bits per heavy atom. The summed E-state index contributed by atoms with van der Waals surface area (Å²) < 4.78 is 30.6. The van der Waals surface area contributed by atoms with E-state index >= 15 is 0 Å². The van der Waals surface area contributed by atoms with Gasteiger partial charge in [0.25, 0.3) is 10.1 Å². The van der Waals surface area contributed by atoms with Crippen LogP contribution in [0.4, 0.5) is 0 Å². The van der Waals surface area contributed by atoms with Gasteiger partial charge >= 0.3 is 0 Å². The van der Waals surface area contributed by atoms with Gasteiger partial charge in [-0.3, -0.25) is 4.55 Å². The largest absolute Gasteiger partial charge is 0.294 e. The Bertz CT molecular complexity index is 427. The highest BCUT2D eigenvalue weighted by Crippen LogP contribution is 2.24. The van der Waals surface area contributed by atoms with Crippen molar-refractivity contribution in [1.82, 2.24) is 0 Å². The van der Waals surface area contributed by atoms with E-state index in [1.165, 1.54) is 18.2 Å². The molecule has 0 aliphatic carbocycles. The third-order valence-electron chi connectivity index (χ3n) is 1.71. The molecule has 0 aliphatic heterocycles. The Hall–Kier alpha value is -0.620. The molecule has 0 saturated carbocycles. The Labute approximate surface area is 86.9 Å². The van der Waals surface area contributed by atoms with Gasteiger partial charge in [0.2, 0.25) is 0 Å². The number of halogens is 1. The van der Waals surface area contributed by atoms with Crippen LogP contribution in [0.25, 0.3) is 0 Å². The lowest BCUT2D eigenvalue weighted by Gasteiger charge is -2.06. The molecule has 6 heteroatoms. The second kappa shape index (κ2) is 4.27. The zero-order valence-electron chi connectivity index (χ0n) is 7.10. The standard InChI is InChI=1S/C8H8ClO4S/c9-7-2-1-3-8(14(11,12)13)6(7)4-5-10/h1-3H,4-5H2,(H,11,12,13). The molecule has 1 N–H and O–H groups in total. The minimum atomic E-state index is -4.30. The number of hydrogen-bond donors (Lipinski definition) is 1. The quantitative estimate of drug-likeness (QED) is 0.808. The Morgan fingerprint density at radius 1 is 1.36 bits per heavy atom. The van der Waals surface area contributed by atoms with E-state index in [1.807, 2.05) is 0 Å². The zero-order valence-corrected chi connectivity index (χ0v) is 8.68. The topological polar surface area (TPSA) is 74.3 Å². The number of benzene rings is 1. The molecule has 0 aromatic heterocycles. The van der Waals surface area contributed by atoms with Crippen molar-refractivity contribution >= 4 is 21.7 Å². The molecule has 4 nitrogen and oxygen atoms in total. The van der Waals surface area contributed by atoms with E-state index in [9.17, 15) is 13.5 Å². The minimum absolute atomic E-state index is 0.0191. The average molecular weight is 236 g/mol. The van der Waals surface area contributed by atoms with Gasteiger partial charge < -0.3 is 0 Å². The van der Waals surface area contributed by atoms with Crippen LogP contribution in [-0.4, -0.2) is 19.6 Å². The summed E-state index contributed by atoms with van der Waals surface area (Å²) in [6, 6.07) is 4.09. The third kappa shape index (κ3) is 2.45. The maximum absolute atomic E-state index is 10.9. The molecule has 14 heavy (non-hydrogen) atoms. The second-order valence-corrected chi connectivity index (χ2v) is 4.44. The van der Waals surface area contributed by atoms with Crippen molar-refractivity contribution in [3.63, 3.8) is 0 Å². The normalized spacial score (nSPS) is 11.6. The molecule has 1 aromatic rings. The molecule has 1 rings (SSSR count). The summed E-state index contributed by atoms with van der Waals surface area (Å²) in [6.45, 7) is -0.480. The van der Waals surface area contributed by atoms with Crippen molar-refractivity contribution in [2.45, 2.75) is 11.3 Å². The van der Waals surface area contributed by atoms with Gasteiger partial charge in [0, 0.05) is 11.4 Å². The summed E-state index contributed by atoms with van der Waals surface area (Å²) in [5.74, 6) is 0. The number of rotatable bonds is 3. The van der Waals surface area contributed by atoms with E-state index in [-0.39, 0.29) is 21.9 Å². The fourth-order valence-electron chi connectivity index (χ4n) is 1.13. The second-order valence-electron chi connectivity index (χ2n) is 2.65. The molecular weight excluding hydrogens is 228 g/mol. The van der Waals surface area contributed by atoms with Gasteiger partial charge in [0.05, 0.1) is 11.5 Å². The van der Waals surface area contributed by atoms with Gasteiger partial charge in [-0.1, -0.05) is 17.7 Å². The molecule has 0 fully saturated rings. The van der Waals surface area contributed by atoms with Crippen molar-refractivity contribution in [1.29, 1.82) is 0 Å². The lowest BCUT2D eigenvalue weighted by molar-refractivity contribution is 0.196. The van der Waals surface area contributed by atoms with Gasteiger partial charge in [0.1, 0.15) is 0 Å². The van der Waals surface area contributed by atoms with Crippen molar-refractivity contribution < 1.29 is 18.1 Å². The van der Waals surface area contributed by atoms with Crippen LogP contribution in [0.1, 0.15) is 5.56 Å². The van der Waals surface area contributed by atoms with E-state index < -0.39 is 16.7 Å². The summed E-state index contributed by atoms with van der Waals surface area (Å²) >= 11 is 5.70. The van der Waals surface area contributed by atoms with Crippen LogP contribution in [0.15, 0.2) is 23.1 Å². The van der Waals surface area contributed by atoms with E-state index in [4.69, 9.17) is 16.2 Å². The Morgan fingerprint density at radius 3 is 2.50 bits per heavy atom. The van der Waals surface area contributed by atoms with Crippen molar-refractivity contribution in [2.75, 3.05) is 6.61 Å². The first-order chi connectivity index (χ1) is 6.46. The van der Waals surface area contributed by atoms with Gasteiger partial charge in [-0.25, -0.2) is 5.11 Å². The zero-order chi connectivity index (χ0) is 10.8. The highest BCUT2D eigenvalue weighted by Gasteiger charge is 2.16. The fraction of sp³-hybridized carbons (Fsp3) is 0.250. The molecule has 1 aromatic carbocycles. The van der Waals surface area contributed by atoms with Crippen LogP contribution >= 0.6 is 11.6 Å². The summed E-state index contributed by atoms with van der Waals surface area (Å²) in [7, 11) is -4.30. The molecule has 1 radical (unpaired) electrons. The third-order valence-corrected chi connectivity index (χ3v) is 3.00. The predicted molar refractivity (Wildman–Crippen MR) is 50.5 cm³/mol. The summed E-state index contributed by atoms with van der Waals surface area (Å²) in [4.78, 5) is -0.291. The fourth-order valence-corrected chi connectivity index (χ4v) is 2.22. The molecule has 0 heterocycles. The van der Waals surface area contributed by atoms with Gasteiger partial charge in [-0.2, -0.15) is 8.42 Å². The molecule has 0 amide bonds. The average Bonchev–Trinajstić information content (AvgIpc) is 2.07. The first-order valence-corrected chi connectivity index (χ1v) is 5.61. The lowest BCUT2D eigenvalue weighted by atomic mass is 10.1. The highest BCUT2D eigenvalue weighted by atomic mass is 35.5.